The fourth-order valence-corrected chi connectivity index (χ4v) is 2.56. The lowest BCUT2D eigenvalue weighted by atomic mass is 10.0. The molecule has 6 heteroatoms. The van der Waals surface area contributed by atoms with Crippen LogP contribution in [0.1, 0.15) is 32.4 Å². The molecule has 1 aromatic rings. The number of halogens is 1. The molecule has 2 rings (SSSR count). The zero-order chi connectivity index (χ0) is 17.0. The smallest absolute Gasteiger partial charge is 0.317 e. The number of rotatable bonds is 4. The minimum atomic E-state index is -0.296. The molecule has 0 spiro atoms. The maximum absolute atomic E-state index is 13.7. The van der Waals surface area contributed by atoms with E-state index in [1.54, 1.807) is 18.0 Å². The van der Waals surface area contributed by atoms with Gasteiger partial charge in [0.15, 0.2) is 0 Å². The number of hydrogen-bond donors (Lipinski definition) is 1. The average molecular weight is 323 g/mol. The maximum atomic E-state index is 13.7. The molecule has 1 N–H and O–H groups in total. The van der Waals surface area contributed by atoms with E-state index in [0.29, 0.717) is 13.2 Å². The molecule has 5 nitrogen and oxygen atoms in total. The Kier molecular flexibility index (Phi) is 5.82. The zero-order valence-corrected chi connectivity index (χ0v) is 14.3. The molecule has 1 saturated heterocycles. The number of carbonyl (C=O) groups is 1. The Balaban J connectivity index is 2.19. The van der Waals surface area contributed by atoms with Gasteiger partial charge in [-0.1, -0.05) is 0 Å². The van der Waals surface area contributed by atoms with Crippen LogP contribution in [0.4, 0.5) is 14.9 Å². The number of benzene rings is 1. The number of urea groups is 1. The van der Waals surface area contributed by atoms with Crippen molar-refractivity contribution in [1.82, 2.24) is 10.2 Å². The number of nitrogens with one attached hydrogen (secondary N) is 1. The molecular weight excluding hydrogens is 297 g/mol. The topological polar surface area (TPSA) is 44.8 Å². The molecule has 1 heterocycles. The predicted molar refractivity (Wildman–Crippen MR) is 89.3 cm³/mol. The fraction of sp³-hybridized carbons (Fsp3) is 0.588. The lowest BCUT2D eigenvalue weighted by Crippen LogP contribution is -2.43. The standard InChI is InChI=1S/C17H26FN3O2/c1-12(2)20(4)17(22)19-13(3)15-11-14(18)5-6-16(15)21-7-9-23-10-8-21/h5-6,11-13H,7-10H2,1-4H3,(H,19,22)/t13-/m1/s1. The summed E-state index contributed by atoms with van der Waals surface area (Å²) in [5, 5.41) is 2.95. The highest BCUT2D eigenvalue weighted by atomic mass is 19.1. The highest BCUT2D eigenvalue weighted by Gasteiger charge is 2.21. The molecule has 1 aromatic carbocycles. The number of morpholine rings is 1. The van der Waals surface area contributed by atoms with Crippen LogP contribution < -0.4 is 10.2 Å². The number of ether oxygens (including phenoxy) is 1. The van der Waals surface area contributed by atoms with E-state index >= 15 is 0 Å². The molecular formula is C17H26FN3O2. The van der Waals surface area contributed by atoms with Gasteiger partial charge in [-0.15, -0.1) is 0 Å². The van der Waals surface area contributed by atoms with Crippen molar-refractivity contribution < 1.29 is 13.9 Å². The Hall–Kier alpha value is -1.82. The highest BCUT2D eigenvalue weighted by Crippen LogP contribution is 2.28. The molecule has 2 amide bonds. The number of amides is 2. The van der Waals surface area contributed by atoms with Crippen molar-refractivity contribution >= 4 is 11.7 Å². The van der Waals surface area contributed by atoms with Gasteiger partial charge < -0.3 is 19.9 Å². The monoisotopic (exact) mass is 323 g/mol. The lowest BCUT2D eigenvalue weighted by Gasteiger charge is -2.32. The van der Waals surface area contributed by atoms with Gasteiger partial charge in [0, 0.05) is 37.4 Å². The number of nitrogens with zero attached hydrogens (tertiary/aromatic N) is 2. The second kappa shape index (κ2) is 7.64. The SMILES string of the molecule is CC(C)N(C)C(=O)N[C@H](C)c1cc(F)ccc1N1CCOCC1. The zero-order valence-electron chi connectivity index (χ0n) is 14.3. The normalized spacial score (nSPS) is 16.3. The highest BCUT2D eigenvalue weighted by molar-refractivity contribution is 5.75. The molecule has 128 valence electrons. The Morgan fingerprint density at radius 3 is 2.57 bits per heavy atom. The van der Waals surface area contributed by atoms with Crippen LogP contribution in [0.5, 0.6) is 0 Å². The first-order valence-corrected chi connectivity index (χ1v) is 8.05. The molecule has 0 saturated carbocycles. The molecule has 0 aromatic heterocycles. The van der Waals surface area contributed by atoms with Gasteiger partial charge in [0.1, 0.15) is 5.82 Å². The Bertz CT molecular complexity index is 545. The summed E-state index contributed by atoms with van der Waals surface area (Å²) in [6.07, 6.45) is 0. The Morgan fingerprint density at radius 1 is 1.30 bits per heavy atom. The van der Waals surface area contributed by atoms with Crippen molar-refractivity contribution in [2.45, 2.75) is 32.9 Å². The number of anilines is 1. The van der Waals surface area contributed by atoms with E-state index in [2.05, 4.69) is 10.2 Å². The number of carbonyl (C=O) groups excluding carboxylic acids is 1. The molecule has 23 heavy (non-hydrogen) atoms. The maximum Gasteiger partial charge on any atom is 0.317 e. The molecule has 0 aliphatic carbocycles. The van der Waals surface area contributed by atoms with E-state index in [4.69, 9.17) is 4.74 Å². The van der Waals surface area contributed by atoms with Crippen molar-refractivity contribution in [3.05, 3.63) is 29.6 Å². The van der Waals surface area contributed by atoms with E-state index in [-0.39, 0.29) is 23.9 Å². The van der Waals surface area contributed by atoms with Crippen LogP contribution in [0.3, 0.4) is 0 Å². The quantitative estimate of drug-likeness (QED) is 0.927. The first-order chi connectivity index (χ1) is 10.9. The van der Waals surface area contributed by atoms with Gasteiger partial charge in [-0.3, -0.25) is 0 Å². The van der Waals surface area contributed by atoms with Crippen molar-refractivity contribution in [1.29, 1.82) is 0 Å². The summed E-state index contributed by atoms with van der Waals surface area (Å²) in [4.78, 5) is 16.0. The van der Waals surface area contributed by atoms with Gasteiger partial charge in [-0.2, -0.15) is 0 Å². The third-order valence-electron chi connectivity index (χ3n) is 4.24. The van der Waals surface area contributed by atoms with Crippen LogP contribution in [0.15, 0.2) is 18.2 Å². The van der Waals surface area contributed by atoms with E-state index in [1.807, 2.05) is 20.8 Å². The largest absolute Gasteiger partial charge is 0.378 e. The molecule has 0 radical (unpaired) electrons. The summed E-state index contributed by atoms with van der Waals surface area (Å²) in [6, 6.07) is 4.41. The molecule has 1 fully saturated rings. The van der Waals surface area contributed by atoms with Gasteiger partial charge in [-0.05, 0) is 39.0 Å². The van der Waals surface area contributed by atoms with Crippen LogP contribution >= 0.6 is 0 Å². The second-order valence-electron chi connectivity index (χ2n) is 6.18. The van der Waals surface area contributed by atoms with Crippen LogP contribution in [-0.2, 0) is 4.74 Å². The van der Waals surface area contributed by atoms with Crippen molar-refractivity contribution in [3.8, 4) is 0 Å². The second-order valence-corrected chi connectivity index (χ2v) is 6.18. The Labute approximate surface area is 137 Å². The summed E-state index contributed by atoms with van der Waals surface area (Å²) >= 11 is 0. The first-order valence-electron chi connectivity index (χ1n) is 8.05. The van der Waals surface area contributed by atoms with Crippen LogP contribution in [0.25, 0.3) is 0 Å². The summed E-state index contributed by atoms with van der Waals surface area (Å²) in [7, 11) is 1.75. The van der Waals surface area contributed by atoms with E-state index in [9.17, 15) is 9.18 Å². The first kappa shape index (κ1) is 17.5. The van der Waals surface area contributed by atoms with Gasteiger partial charge in [0.05, 0.1) is 19.3 Å². The molecule has 0 unspecified atom stereocenters. The minimum absolute atomic E-state index is 0.105. The minimum Gasteiger partial charge on any atom is -0.378 e. The fourth-order valence-electron chi connectivity index (χ4n) is 2.56. The van der Waals surface area contributed by atoms with E-state index in [0.717, 1.165) is 24.3 Å². The summed E-state index contributed by atoms with van der Waals surface area (Å²) in [5.41, 5.74) is 1.74. The third kappa shape index (κ3) is 4.34. The van der Waals surface area contributed by atoms with Crippen LogP contribution in [0.2, 0.25) is 0 Å². The Morgan fingerprint density at radius 2 is 1.96 bits per heavy atom. The predicted octanol–water partition coefficient (Wildman–Crippen LogP) is 2.77. The van der Waals surface area contributed by atoms with Crippen molar-refractivity contribution in [3.63, 3.8) is 0 Å². The molecule has 1 atom stereocenters. The molecule has 1 aliphatic heterocycles. The average Bonchev–Trinajstić information content (AvgIpc) is 2.54. The third-order valence-corrected chi connectivity index (χ3v) is 4.24. The summed E-state index contributed by atoms with van der Waals surface area (Å²) in [6.45, 7) is 8.64. The van der Waals surface area contributed by atoms with Crippen LogP contribution in [-0.4, -0.2) is 50.3 Å². The van der Waals surface area contributed by atoms with Gasteiger partial charge >= 0.3 is 6.03 Å². The summed E-state index contributed by atoms with van der Waals surface area (Å²) in [5.74, 6) is -0.296. The van der Waals surface area contributed by atoms with Gasteiger partial charge in [0.2, 0.25) is 0 Å². The van der Waals surface area contributed by atoms with Gasteiger partial charge in [-0.25, -0.2) is 9.18 Å². The molecule has 0 bridgehead atoms. The van der Waals surface area contributed by atoms with Crippen molar-refractivity contribution in [2.24, 2.45) is 0 Å². The lowest BCUT2D eigenvalue weighted by molar-refractivity contribution is 0.122. The van der Waals surface area contributed by atoms with E-state index < -0.39 is 0 Å². The van der Waals surface area contributed by atoms with E-state index in [1.165, 1.54) is 12.1 Å². The van der Waals surface area contributed by atoms with Crippen molar-refractivity contribution in [2.75, 3.05) is 38.3 Å². The molecule has 1 aliphatic rings. The summed E-state index contributed by atoms with van der Waals surface area (Å²) < 4.78 is 19.1. The van der Waals surface area contributed by atoms with Gasteiger partial charge in [0.25, 0.3) is 0 Å². The number of hydrogen-bond acceptors (Lipinski definition) is 3. The van der Waals surface area contributed by atoms with Crippen LogP contribution in [0, 0.1) is 5.82 Å².